The lowest BCUT2D eigenvalue weighted by Crippen LogP contribution is -2.59. The number of nitrogens with zero attached hydrogens (tertiary/aromatic N) is 2. The Morgan fingerprint density at radius 3 is 2.52 bits per heavy atom. The molecule has 210 valence electrons. The van der Waals surface area contributed by atoms with Crippen molar-refractivity contribution in [3.8, 4) is 0 Å². The van der Waals surface area contributed by atoms with Crippen LogP contribution in [0.15, 0.2) is 66.8 Å². The van der Waals surface area contributed by atoms with Crippen LogP contribution in [0.4, 0.5) is 5.69 Å². The molecule has 4 heterocycles. The van der Waals surface area contributed by atoms with Crippen LogP contribution in [0.3, 0.4) is 0 Å². The molecule has 8 nitrogen and oxygen atoms in total. The number of benzene rings is 2. The highest BCUT2D eigenvalue weighted by Gasteiger charge is 2.75. The molecule has 2 amide bonds. The van der Waals surface area contributed by atoms with Crippen molar-refractivity contribution in [1.29, 1.82) is 0 Å². The van der Waals surface area contributed by atoms with Gasteiger partial charge >= 0.3 is 5.97 Å². The minimum atomic E-state index is -1.40. The third-order valence-electron chi connectivity index (χ3n) is 9.05. The molecule has 1 spiro atoms. The molecule has 0 aromatic heterocycles. The second-order valence-electron chi connectivity index (χ2n) is 11.8. The van der Waals surface area contributed by atoms with Crippen LogP contribution >= 0.6 is 0 Å². The number of aliphatic hydroxyl groups excluding tert-OH is 1. The maximum absolute atomic E-state index is 14.7. The molecule has 0 saturated carbocycles. The van der Waals surface area contributed by atoms with Crippen LogP contribution < -0.4 is 4.90 Å². The van der Waals surface area contributed by atoms with E-state index >= 15 is 0 Å². The molecule has 4 aliphatic rings. The van der Waals surface area contributed by atoms with Crippen LogP contribution in [0.1, 0.15) is 33.6 Å². The third-order valence-corrected chi connectivity index (χ3v) is 9.05. The predicted molar refractivity (Wildman–Crippen MR) is 150 cm³/mol. The van der Waals surface area contributed by atoms with Crippen molar-refractivity contribution in [3.63, 3.8) is 0 Å². The van der Waals surface area contributed by atoms with E-state index in [0.29, 0.717) is 18.5 Å². The smallest absolute Gasteiger partial charge is 0.313 e. The van der Waals surface area contributed by atoms with Gasteiger partial charge in [0.1, 0.15) is 17.6 Å². The first-order valence-corrected chi connectivity index (χ1v) is 14.2. The maximum Gasteiger partial charge on any atom is 0.313 e. The number of fused-ring (bicyclic) bond motifs is 3. The Labute approximate surface area is 234 Å². The van der Waals surface area contributed by atoms with Crippen molar-refractivity contribution in [2.45, 2.75) is 56.9 Å². The first-order chi connectivity index (χ1) is 19.2. The lowest BCUT2D eigenvalue weighted by atomic mass is 9.74. The molecule has 6 atom stereocenters. The third kappa shape index (κ3) is 3.91. The number of rotatable bonds is 4. The van der Waals surface area contributed by atoms with E-state index in [1.165, 1.54) is 4.90 Å². The number of carbonyl (C=O) groups is 3. The number of hydrogen-bond donors (Lipinski definition) is 1. The fraction of sp³-hybridized carbons (Fsp3) is 0.469. The summed E-state index contributed by atoms with van der Waals surface area (Å²) in [4.78, 5) is 45.9. The van der Waals surface area contributed by atoms with E-state index in [1.807, 2.05) is 80.6 Å². The zero-order valence-electron chi connectivity index (χ0n) is 23.2. The van der Waals surface area contributed by atoms with Crippen LogP contribution in [-0.4, -0.2) is 70.8 Å². The monoisotopic (exact) mass is 544 g/mol. The normalized spacial score (nSPS) is 33.5. The summed E-state index contributed by atoms with van der Waals surface area (Å²) in [5.74, 6) is -3.21. The zero-order valence-corrected chi connectivity index (χ0v) is 23.2. The first-order valence-electron chi connectivity index (χ1n) is 14.2. The number of cyclic esters (lactones) is 1. The summed E-state index contributed by atoms with van der Waals surface area (Å²) >= 11 is 0. The molecule has 4 aliphatic heterocycles. The summed E-state index contributed by atoms with van der Waals surface area (Å²) in [6.45, 7) is 5.85. The van der Waals surface area contributed by atoms with Gasteiger partial charge in [0.05, 0.1) is 30.8 Å². The summed E-state index contributed by atoms with van der Waals surface area (Å²) in [5, 5.41) is 12.5. The molecule has 2 fully saturated rings. The molecular weight excluding hydrogens is 508 g/mol. The molecule has 0 bridgehead atoms. The van der Waals surface area contributed by atoms with Gasteiger partial charge in [-0.3, -0.25) is 14.4 Å². The average molecular weight is 545 g/mol. The fourth-order valence-corrected chi connectivity index (χ4v) is 7.13. The van der Waals surface area contributed by atoms with Crippen LogP contribution in [0.2, 0.25) is 0 Å². The molecule has 2 aromatic rings. The van der Waals surface area contributed by atoms with Gasteiger partial charge in [0, 0.05) is 12.2 Å². The Hall–Kier alpha value is -3.49. The van der Waals surface area contributed by atoms with Crippen molar-refractivity contribution in [2.75, 3.05) is 24.7 Å². The molecular formula is C32H36N2O6. The van der Waals surface area contributed by atoms with Gasteiger partial charge in [-0.2, -0.15) is 0 Å². The van der Waals surface area contributed by atoms with Gasteiger partial charge < -0.3 is 24.4 Å². The summed E-state index contributed by atoms with van der Waals surface area (Å²) in [5.41, 5.74) is -1.83. The van der Waals surface area contributed by atoms with E-state index in [4.69, 9.17) is 9.47 Å². The number of allylic oxidation sites excluding steroid dienone is 1. The predicted octanol–water partition coefficient (Wildman–Crippen LogP) is 3.62. The number of likely N-dealkylation sites (tertiary alicyclic amines) is 1. The highest BCUT2D eigenvalue weighted by Crippen LogP contribution is 2.58. The van der Waals surface area contributed by atoms with Crippen LogP contribution in [-0.2, 0) is 23.9 Å². The lowest BCUT2D eigenvalue weighted by Gasteiger charge is -2.41. The molecule has 1 N–H and O–H groups in total. The van der Waals surface area contributed by atoms with E-state index < -0.39 is 41.1 Å². The summed E-state index contributed by atoms with van der Waals surface area (Å²) in [7, 11) is 0. The highest BCUT2D eigenvalue weighted by atomic mass is 16.6. The van der Waals surface area contributed by atoms with E-state index in [9.17, 15) is 19.5 Å². The Balaban J connectivity index is 1.51. The summed E-state index contributed by atoms with van der Waals surface area (Å²) < 4.78 is 12.5. The number of ether oxygens (including phenoxy) is 2. The van der Waals surface area contributed by atoms with E-state index in [0.717, 1.165) is 10.8 Å². The number of carbonyl (C=O) groups excluding carboxylic acids is 3. The van der Waals surface area contributed by atoms with Gasteiger partial charge in [-0.15, -0.1) is 0 Å². The Kier molecular flexibility index (Phi) is 6.58. The van der Waals surface area contributed by atoms with Gasteiger partial charge in [-0.1, -0.05) is 68.5 Å². The molecule has 8 heteroatoms. The van der Waals surface area contributed by atoms with Crippen molar-refractivity contribution in [2.24, 2.45) is 17.8 Å². The Morgan fingerprint density at radius 2 is 1.77 bits per heavy atom. The largest absolute Gasteiger partial charge is 0.465 e. The van der Waals surface area contributed by atoms with Crippen molar-refractivity contribution >= 4 is 34.2 Å². The Morgan fingerprint density at radius 1 is 1.00 bits per heavy atom. The quantitative estimate of drug-likeness (QED) is 0.467. The number of amides is 2. The van der Waals surface area contributed by atoms with Gasteiger partial charge in [0.25, 0.3) is 5.91 Å². The van der Waals surface area contributed by atoms with Gasteiger partial charge in [-0.25, -0.2) is 0 Å². The highest BCUT2D eigenvalue weighted by molar-refractivity contribution is 6.06. The number of aliphatic hydroxyl groups is 1. The second kappa shape index (κ2) is 9.85. The van der Waals surface area contributed by atoms with Gasteiger partial charge in [0.15, 0.2) is 0 Å². The SMILES string of the molecule is CC(C)[C@H](CO)N1C(=O)[C@@H]2[C@@H]3C(=O)OCCC/C=C\[C@]3(C)O[C@@]23C=CCN(c2ccc4ccccc4c2)C(=O)C13. The summed E-state index contributed by atoms with van der Waals surface area (Å²) in [6, 6.07) is 12.1. The van der Waals surface area contributed by atoms with E-state index in [1.54, 1.807) is 11.8 Å². The Bertz CT molecular complexity index is 1420. The maximum atomic E-state index is 14.7. The second-order valence-corrected chi connectivity index (χ2v) is 11.8. The standard InChI is InChI=1S/C32H36N2O6/c1-20(2)24(19-35)34-27-29(37)33(23-13-12-21-10-5-6-11-22(21)18-23)16-9-15-32(27)25(28(34)36)26-30(38)39-17-8-4-7-14-31(26,3)40-32/h5-7,9-15,18,20,24-27,35H,4,8,16-17,19H2,1-3H3/b14-7-/t24-,25-,26+,27?,31-,32-/m0/s1. The van der Waals surface area contributed by atoms with Gasteiger partial charge in [0.2, 0.25) is 5.91 Å². The summed E-state index contributed by atoms with van der Waals surface area (Å²) in [6.07, 6.45) is 8.91. The van der Waals surface area contributed by atoms with E-state index in [-0.39, 0.29) is 37.5 Å². The lowest BCUT2D eigenvalue weighted by molar-refractivity contribution is -0.160. The van der Waals surface area contributed by atoms with Crippen molar-refractivity contribution in [1.82, 2.24) is 4.90 Å². The molecule has 1 unspecified atom stereocenters. The molecule has 0 radical (unpaired) electrons. The average Bonchev–Trinajstić information content (AvgIpc) is 3.28. The minimum Gasteiger partial charge on any atom is -0.465 e. The van der Waals surface area contributed by atoms with Crippen LogP contribution in [0, 0.1) is 17.8 Å². The number of esters is 1. The molecule has 0 aliphatic carbocycles. The molecule has 40 heavy (non-hydrogen) atoms. The topological polar surface area (TPSA) is 96.4 Å². The molecule has 6 rings (SSSR count). The first kappa shape index (κ1) is 26.7. The van der Waals surface area contributed by atoms with Crippen LogP contribution in [0.5, 0.6) is 0 Å². The van der Waals surface area contributed by atoms with E-state index in [2.05, 4.69) is 0 Å². The molecule has 2 aromatic carbocycles. The van der Waals surface area contributed by atoms with Crippen LogP contribution in [0.25, 0.3) is 10.8 Å². The fourth-order valence-electron chi connectivity index (χ4n) is 7.13. The minimum absolute atomic E-state index is 0.141. The van der Waals surface area contributed by atoms with Gasteiger partial charge in [-0.05, 0) is 48.6 Å². The molecule has 2 saturated heterocycles. The number of anilines is 1. The van der Waals surface area contributed by atoms with Crippen molar-refractivity contribution in [3.05, 3.63) is 66.8 Å². The van der Waals surface area contributed by atoms with Crippen molar-refractivity contribution < 1.29 is 29.0 Å². The zero-order chi connectivity index (χ0) is 28.2. The number of hydrogen-bond acceptors (Lipinski definition) is 6.